The van der Waals surface area contributed by atoms with Gasteiger partial charge in [0.1, 0.15) is 11.4 Å². The first kappa shape index (κ1) is 20.2. The Balaban J connectivity index is 1.54. The van der Waals surface area contributed by atoms with Gasteiger partial charge in [0.15, 0.2) is 5.76 Å². The van der Waals surface area contributed by atoms with Crippen molar-refractivity contribution in [2.45, 2.75) is 32.4 Å². The first-order chi connectivity index (χ1) is 14.6. The SMILES string of the molecule is COc1cccc(-c2cc(CN(C[C@@H]3CCCO3)C(=O)c3ccc(C)cc3)no2)c1. The van der Waals surface area contributed by atoms with Crippen molar-refractivity contribution in [2.75, 3.05) is 20.3 Å². The highest BCUT2D eigenvalue weighted by molar-refractivity contribution is 5.94. The maximum atomic E-state index is 13.2. The van der Waals surface area contributed by atoms with E-state index in [0.717, 1.165) is 36.3 Å². The van der Waals surface area contributed by atoms with Crippen molar-refractivity contribution in [2.24, 2.45) is 0 Å². The Kier molecular flexibility index (Phi) is 6.14. The maximum Gasteiger partial charge on any atom is 0.254 e. The van der Waals surface area contributed by atoms with Crippen LogP contribution in [0.3, 0.4) is 0 Å². The zero-order chi connectivity index (χ0) is 20.9. The Morgan fingerprint density at radius 3 is 2.77 bits per heavy atom. The second-order valence-electron chi connectivity index (χ2n) is 7.60. The van der Waals surface area contributed by atoms with Crippen LogP contribution in [0.4, 0.5) is 0 Å². The van der Waals surface area contributed by atoms with Gasteiger partial charge in [-0.05, 0) is 44.0 Å². The first-order valence-corrected chi connectivity index (χ1v) is 10.2. The largest absolute Gasteiger partial charge is 0.497 e. The van der Waals surface area contributed by atoms with Gasteiger partial charge in [0, 0.05) is 30.3 Å². The molecule has 6 nitrogen and oxygen atoms in total. The summed E-state index contributed by atoms with van der Waals surface area (Å²) in [4.78, 5) is 15.0. The molecule has 1 atom stereocenters. The summed E-state index contributed by atoms with van der Waals surface area (Å²) in [5, 5.41) is 4.20. The molecule has 156 valence electrons. The highest BCUT2D eigenvalue weighted by atomic mass is 16.5. The lowest BCUT2D eigenvalue weighted by Crippen LogP contribution is -2.37. The predicted molar refractivity (Wildman–Crippen MR) is 113 cm³/mol. The molecule has 3 aromatic rings. The molecule has 1 saturated heterocycles. The Bertz CT molecular complexity index is 990. The molecule has 1 aliphatic heterocycles. The summed E-state index contributed by atoms with van der Waals surface area (Å²) in [7, 11) is 1.63. The number of aromatic nitrogens is 1. The van der Waals surface area contributed by atoms with E-state index < -0.39 is 0 Å². The number of hydrogen-bond donors (Lipinski definition) is 0. The predicted octanol–water partition coefficient (Wildman–Crippen LogP) is 4.48. The molecular formula is C24H26N2O4. The van der Waals surface area contributed by atoms with Gasteiger partial charge in [-0.3, -0.25) is 4.79 Å². The molecule has 30 heavy (non-hydrogen) atoms. The lowest BCUT2D eigenvalue weighted by Gasteiger charge is -2.24. The number of methoxy groups -OCH3 is 1. The topological polar surface area (TPSA) is 64.8 Å². The van der Waals surface area contributed by atoms with Crippen LogP contribution in [-0.4, -0.2) is 42.3 Å². The quantitative estimate of drug-likeness (QED) is 0.579. The van der Waals surface area contributed by atoms with E-state index in [4.69, 9.17) is 14.0 Å². The molecule has 0 bridgehead atoms. The van der Waals surface area contributed by atoms with Gasteiger partial charge < -0.3 is 18.9 Å². The molecule has 0 spiro atoms. The molecule has 0 N–H and O–H groups in total. The second-order valence-corrected chi connectivity index (χ2v) is 7.60. The summed E-state index contributed by atoms with van der Waals surface area (Å²) in [6, 6.07) is 17.1. The molecule has 0 aliphatic carbocycles. The van der Waals surface area contributed by atoms with E-state index in [9.17, 15) is 4.79 Å². The highest BCUT2D eigenvalue weighted by Gasteiger charge is 2.24. The Hall–Kier alpha value is -3.12. The number of benzene rings is 2. The van der Waals surface area contributed by atoms with Gasteiger partial charge >= 0.3 is 0 Å². The smallest absolute Gasteiger partial charge is 0.254 e. The van der Waals surface area contributed by atoms with Crippen molar-refractivity contribution >= 4 is 5.91 Å². The fraction of sp³-hybridized carbons (Fsp3) is 0.333. The zero-order valence-electron chi connectivity index (χ0n) is 17.3. The third-order valence-corrected chi connectivity index (χ3v) is 5.30. The molecule has 1 aromatic heterocycles. The minimum Gasteiger partial charge on any atom is -0.497 e. The number of rotatable bonds is 7. The number of carbonyl (C=O) groups excluding carboxylic acids is 1. The van der Waals surface area contributed by atoms with Crippen LogP contribution in [0.1, 0.15) is 34.5 Å². The van der Waals surface area contributed by atoms with Gasteiger partial charge in [-0.15, -0.1) is 0 Å². The maximum absolute atomic E-state index is 13.2. The van der Waals surface area contributed by atoms with Crippen LogP contribution in [0.2, 0.25) is 0 Å². The molecule has 0 unspecified atom stereocenters. The van der Waals surface area contributed by atoms with Crippen LogP contribution in [-0.2, 0) is 11.3 Å². The van der Waals surface area contributed by atoms with E-state index in [1.165, 1.54) is 0 Å². The fourth-order valence-corrected chi connectivity index (χ4v) is 3.63. The van der Waals surface area contributed by atoms with Crippen molar-refractivity contribution in [3.05, 3.63) is 71.4 Å². The summed E-state index contributed by atoms with van der Waals surface area (Å²) in [5.41, 5.74) is 3.36. The van der Waals surface area contributed by atoms with Crippen molar-refractivity contribution in [3.8, 4) is 17.1 Å². The van der Waals surface area contributed by atoms with E-state index >= 15 is 0 Å². The van der Waals surface area contributed by atoms with E-state index in [1.54, 1.807) is 12.0 Å². The minimum absolute atomic E-state index is 0.0311. The van der Waals surface area contributed by atoms with E-state index in [0.29, 0.717) is 30.1 Å². The Morgan fingerprint density at radius 2 is 2.03 bits per heavy atom. The summed E-state index contributed by atoms with van der Waals surface area (Å²) in [6.07, 6.45) is 2.05. The Morgan fingerprint density at radius 1 is 1.20 bits per heavy atom. The minimum atomic E-state index is -0.0311. The number of ether oxygens (including phenoxy) is 2. The summed E-state index contributed by atoms with van der Waals surface area (Å²) in [6.45, 7) is 3.66. The van der Waals surface area contributed by atoms with Crippen LogP contribution in [0, 0.1) is 6.92 Å². The normalized spacial score (nSPS) is 15.9. The molecule has 2 heterocycles. The third kappa shape index (κ3) is 4.71. The van der Waals surface area contributed by atoms with Crippen molar-refractivity contribution in [3.63, 3.8) is 0 Å². The summed E-state index contributed by atoms with van der Waals surface area (Å²) >= 11 is 0. The standard InChI is InChI=1S/C24H26N2O4/c1-17-8-10-18(11-9-17)24(27)26(16-22-7-4-12-29-22)15-20-14-23(30-25-20)19-5-3-6-21(13-19)28-2/h3,5-6,8-11,13-14,22H,4,7,12,15-16H2,1-2H3/t22-/m0/s1. The van der Waals surface area contributed by atoms with Gasteiger partial charge in [0.25, 0.3) is 5.91 Å². The molecule has 6 heteroatoms. The lowest BCUT2D eigenvalue weighted by atomic mass is 10.1. The number of amides is 1. The molecule has 2 aromatic carbocycles. The molecule has 1 aliphatic rings. The molecule has 4 rings (SSSR count). The van der Waals surface area contributed by atoms with Gasteiger partial charge in [-0.2, -0.15) is 0 Å². The van der Waals surface area contributed by atoms with Gasteiger partial charge in [-0.25, -0.2) is 0 Å². The average Bonchev–Trinajstić information content (AvgIpc) is 3.46. The average molecular weight is 406 g/mol. The van der Waals surface area contributed by atoms with Crippen molar-refractivity contribution in [1.82, 2.24) is 10.1 Å². The molecule has 1 fully saturated rings. The number of nitrogens with zero attached hydrogens (tertiary/aromatic N) is 2. The number of hydrogen-bond acceptors (Lipinski definition) is 5. The third-order valence-electron chi connectivity index (χ3n) is 5.30. The zero-order valence-corrected chi connectivity index (χ0v) is 17.3. The van der Waals surface area contributed by atoms with Gasteiger partial charge in [0.05, 0.1) is 19.8 Å². The summed E-state index contributed by atoms with van der Waals surface area (Å²) in [5.74, 6) is 1.36. The molecule has 0 radical (unpaired) electrons. The van der Waals surface area contributed by atoms with Crippen LogP contribution >= 0.6 is 0 Å². The Labute approximate surface area is 176 Å². The van der Waals surface area contributed by atoms with Crippen LogP contribution in [0.5, 0.6) is 5.75 Å². The van der Waals surface area contributed by atoms with Crippen molar-refractivity contribution < 1.29 is 18.8 Å². The van der Waals surface area contributed by atoms with Gasteiger partial charge in [-0.1, -0.05) is 35.0 Å². The van der Waals surface area contributed by atoms with E-state index in [2.05, 4.69) is 5.16 Å². The van der Waals surface area contributed by atoms with Crippen molar-refractivity contribution in [1.29, 1.82) is 0 Å². The summed E-state index contributed by atoms with van der Waals surface area (Å²) < 4.78 is 16.6. The van der Waals surface area contributed by atoms with E-state index in [-0.39, 0.29) is 12.0 Å². The van der Waals surface area contributed by atoms with Crippen LogP contribution < -0.4 is 4.74 Å². The second kappa shape index (κ2) is 9.13. The molecule has 0 saturated carbocycles. The lowest BCUT2D eigenvalue weighted by molar-refractivity contribution is 0.0502. The molecule has 1 amide bonds. The molecular weight excluding hydrogens is 380 g/mol. The van der Waals surface area contributed by atoms with Gasteiger partial charge in [0.2, 0.25) is 0 Å². The monoisotopic (exact) mass is 406 g/mol. The van der Waals surface area contributed by atoms with Crippen LogP contribution in [0.25, 0.3) is 11.3 Å². The number of carbonyl (C=O) groups is 1. The first-order valence-electron chi connectivity index (χ1n) is 10.2. The highest BCUT2D eigenvalue weighted by Crippen LogP contribution is 2.25. The van der Waals surface area contributed by atoms with E-state index in [1.807, 2.05) is 61.5 Å². The number of aryl methyl sites for hydroxylation is 1. The van der Waals surface area contributed by atoms with Crippen LogP contribution in [0.15, 0.2) is 59.1 Å². The fourth-order valence-electron chi connectivity index (χ4n) is 3.63.